The molecule has 0 spiro atoms. The number of benzene rings is 2. The lowest BCUT2D eigenvalue weighted by atomic mass is 10.0. The summed E-state index contributed by atoms with van der Waals surface area (Å²) in [4.78, 5) is 0. The SMILES string of the molecule is CCC(NC(C)c1ccc(F)cc1)c1cccc(F)c1. The summed E-state index contributed by atoms with van der Waals surface area (Å²) in [5.74, 6) is -0.463. The van der Waals surface area contributed by atoms with Crippen molar-refractivity contribution < 1.29 is 8.78 Å². The van der Waals surface area contributed by atoms with Crippen molar-refractivity contribution in [3.8, 4) is 0 Å². The van der Waals surface area contributed by atoms with Crippen LogP contribution in [-0.2, 0) is 0 Å². The van der Waals surface area contributed by atoms with Gasteiger partial charge in [-0.05, 0) is 48.7 Å². The van der Waals surface area contributed by atoms with Crippen LogP contribution in [0, 0.1) is 11.6 Å². The number of hydrogen-bond acceptors (Lipinski definition) is 1. The fraction of sp³-hybridized carbons (Fsp3) is 0.294. The lowest BCUT2D eigenvalue weighted by Gasteiger charge is -2.23. The Bertz CT molecular complexity index is 551. The van der Waals surface area contributed by atoms with Crippen molar-refractivity contribution in [1.82, 2.24) is 5.32 Å². The van der Waals surface area contributed by atoms with Crippen molar-refractivity contribution in [3.05, 3.63) is 71.3 Å². The van der Waals surface area contributed by atoms with E-state index in [9.17, 15) is 8.78 Å². The van der Waals surface area contributed by atoms with Crippen molar-refractivity contribution in [1.29, 1.82) is 0 Å². The largest absolute Gasteiger partial charge is 0.303 e. The number of halogens is 2. The molecular weight excluding hydrogens is 256 g/mol. The molecule has 0 aromatic heterocycles. The molecule has 2 rings (SSSR count). The zero-order valence-electron chi connectivity index (χ0n) is 11.7. The highest BCUT2D eigenvalue weighted by molar-refractivity contribution is 5.23. The Kier molecular flexibility index (Phi) is 4.85. The van der Waals surface area contributed by atoms with Crippen LogP contribution in [0.1, 0.15) is 43.5 Å². The second kappa shape index (κ2) is 6.62. The van der Waals surface area contributed by atoms with E-state index in [1.54, 1.807) is 24.3 Å². The van der Waals surface area contributed by atoms with E-state index in [1.807, 2.05) is 13.0 Å². The molecule has 0 aliphatic carbocycles. The maximum absolute atomic E-state index is 13.3. The number of rotatable bonds is 5. The van der Waals surface area contributed by atoms with Crippen LogP contribution >= 0.6 is 0 Å². The molecule has 1 N–H and O–H groups in total. The Morgan fingerprint density at radius 1 is 0.950 bits per heavy atom. The van der Waals surface area contributed by atoms with Crippen LogP contribution in [0.25, 0.3) is 0 Å². The van der Waals surface area contributed by atoms with Crippen molar-refractivity contribution in [3.63, 3.8) is 0 Å². The van der Waals surface area contributed by atoms with Crippen LogP contribution < -0.4 is 5.32 Å². The highest BCUT2D eigenvalue weighted by Crippen LogP contribution is 2.22. The first-order chi connectivity index (χ1) is 9.60. The van der Waals surface area contributed by atoms with Gasteiger partial charge in [0.1, 0.15) is 11.6 Å². The Morgan fingerprint density at radius 2 is 1.65 bits per heavy atom. The molecule has 0 bridgehead atoms. The molecule has 1 nitrogen and oxygen atoms in total. The standard InChI is InChI=1S/C17H19F2N/c1-3-17(14-5-4-6-16(19)11-14)20-12(2)13-7-9-15(18)10-8-13/h4-12,17,20H,3H2,1-2H3. The Hall–Kier alpha value is -1.74. The van der Waals surface area contributed by atoms with Crippen LogP contribution in [0.15, 0.2) is 48.5 Å². The fourth-order valence-corrected chi connectivity index (χ4v) is 2.32. The third kappa shape index (κ3) is 3.64. The van der Waals surface area contributed by atoms with Gasteiger partial charge < -0.3 is 5.32 Å². The van der Waals surface area contributed by atoms with Crippen molar-refractivity contribution in [2.75, 3.05) is 0 Å². The van der Waals surface area contributed by atoms with Crippen molar-refractivity contribution >= 4 is 0 Å². The summed E-state index contributed by atoms with van der Waals surface area (Å²) >= 11 is 0. The van der Waals surface area contributed by atoms with Crippen LogP contribution in [0.3, 0.4) is 0 Å². The maximum Gasteiger partial charge on any atom is 0.123 e. The van der Waals surface area contributed by atoms with E-state index in [-0.39, 0.29) is 23.7 Å². The van der Waals surface area contributed by atoms with E-state index in [2.05, 4.69) is 12.2 Å². The van der Waals surface area contributed by atoms with E-state index in [0.29, 0.717) is 0 Å². The predicted octanol–water partition coefficient (Wildman–Crippen LogP) is 4.77. The summed E-state index contributed by atoms with van der Waals surface area (Å²) in [6.07, 6.45) is 0.856. The van der Waals surface area contributed by atoms with E-state index in [0.717, 1.165) is 17.5 Å². The predicted molar refractivity (Wildman–Crippen MR) is 77.4 cm³/mol. The lowest BCUT2D eigenvalue weighted by Crippen LogP contribution is -2.24. The molecular formula is C17H19F2N. The van der Waals surface area contributed by atoms with Gasteiger partial charge in [-0.25, -0.2) is 8.78 Å². The maximum atomic E-state index is 13.3. The monoisotopic (exact) mass is 275 g/mol. The minimum absolute atomic E-state index is 0.0730. The van der Waals surface area contributed by atoms with Gasteiger partial charge in [-0.3, -0.25) is 0 Å². The minimum Gasteiger partial charge on any atom is -0.303 e. The summed E-state index contributed by atoms with van der Waals surface area (Å²) in [6.45, 7) is 4.08. The number of hydrogen-bond donors (Lipinski definition) is 1. The first-order valence-electron chi connectivity index (χ1n) is 6.87. The average molecular weight is 275 g/mol. The topological polar surface area (TPSA) is 12.0 Å². The Balaban J connectivity index is 2.11. The Labute approximate surface area is 118 Å². The van der Waals surface area contributed by atoms with Gasteiger partial charge in [0.15, 0.2) is 0 Å². The van der Waals surface area contributed by atoms with Gasteiger partial charge in [0.05, 0.1) is 0 Å². The molecule has 20 heavy (non-hydrogen) atoms. The Morgan fingerprint density at radius 3 is 2.25 bits per heavy atom. The summed E-state index contributed by atoms with van der Waals surface area (Å²) in [6, 6.07) is 13.2. The van der Waals surface area contributed by atoms with E-state index in [4.69, 9.17) is 0 Å². The molecule has 2 atom stereocenters. The van der Waals surface area contributed by atoms with E-state index in [1.165, 1.54) is 18.2 Å². The second-order valence-electron chi connectivity index (χ2n) is 4.96. The third-order valence-electron chi connectivity index (χ3n) is 3.48. The first kappa shape index (κ1) is 14.7. The first-order valence-corrected chi connectivity index (χ1v) is 6.87. The van der Waals surface area contributed by atoms with Gasteiger partial charge in [0.25, 0.3) is 0 Å². The number of nitrogens with one attached hydrogen (secondary N) is 1. The molecule has 0 saturated carbocycles. The summed E-state index contributed by atoms with van der Waals surface area (Å²) in [5, 5.41) is 3.46. The second-order valence-corrected chi connectivity index (χ2v) is 4.96. The van der Waals surface area contributed by atoms with Crippen LogP contribution in [0.2, 0.25) is 0 Å². The molecule has 0 saturated heterocycles. The normalized spacial score (nSPS) is 14.0. The molecule has 2 aromatic carbocycles. The van der Waals surface area contributed by atoms with Gasteiger partial charge in [-0.1, -0.05) is 31.2 Å². The molecule has 106 valence electrons. The van der Waals surface area contributed by atoms with Gasteiger partial charge >= 0.3 is 0 Å². The molecule has 0 fully saturated rings. The van der Waals surface area contributed by atoms with Gasteiger partial charge in [0.2, 0.25) is 0 Å². The molecule has 2 aromatic rings. The van der Waals surface area contributed by atoms with Crippen molar-refractivity contribution in [2.24, 2.45) is 0 Å². The zero-order valence-corrected chi connectivity index (χ0v) is 11.7. The molecule has 0 radical (unpaired) electrons. The van der Waals surface area contributed by atoms with Crippen LogP contribution in [0.4, 0.5) is 8.78 Å². The summed E-state index contributed by atoms with van der Waals surface area (Å²) in [5.41, 5.74) is 1.95. The summed E-state index contributed by atoms with van der Waals surface area (Å²) in [7, 11) is 0. The molecule has 0 aliphatic rings. The zero-order chi connectivity index (χ0) is 14.5. The minimum atomic E-state index is -0.238. The molecule has 2 unspecified atom stereocenters. The molecule has 0 heterocycles. The van der Waals surface area contributed by atoms with E-state index >= 15 is 0 Å². The van der Waals surface area contributed by atoms with Crippen LogP contribution in [-0.4, -0.2) is 0 Å². The molecule has 0 amide bonds. The smallest absolute Gasteiger partial charge is 0.123 e. The van der Waals surface area contributed by atoms with E-state index < -0.39 is 0 Å². The lowest BCUT2D eigenvalue weighted by molar-refractivity contribution is 0.454. The molecule has 3 heteroatoms. The van der Waals surface area contributed by atoms with Crippen molar-refractivity contribution in [2.45, 2.75) is 32.4 Å². The third-order valence-corrected chi connectivity index (χ3v) is 3.48. The van der Waals surface area contributed by atoms with Gasteiger partial charge in [-0.2, -0.15) is 0 Å². The highest BCUT2D eigenvalue weighted by atomic mass is 19.1. The summed E-state index contributed by atoms with van der Waals surface area (Å²) < 4.78 is 26.2. The fourth-order valence-electron chi connectivity index (χ4n) is 2.32. The molecule has 0 aliphatic heterocycles. The van der Waals surface area contributed by atoms with Gasteiger partial charge in [-0.15, -0.1) is 0 Å². The quantitative estimate of drug-likeness (QED) is 0.829. The van der Waals surface area contributed by atoms with Crippen LogP contribution in [0.5, 0.6) is 0 Å². The van der Waals surface area contributed by atoms with Gasteiger partial charge in [0, 0.05) is 12.1 Å². The highest BCUT2D eigenvalue weighted by Gasteiger charge is 2.14. The average Bonchev–Trinajstić information content (AvgIpc) is 2.45.